The molecule has 0 aliphatic rings. The van der Waals surface area contributed by atoms with Crippen molar-refractivity contribution in [1.29, 1.82) is 0 Å². The van der Waals surface area contributed by atoms with E-state index < -0.39 is 0 Å². The van der Waals surface area contributed by atoms with Gasteiger partial charge in [0.15, 0.2) is 0 Å². The molecule has 0 amide bonds. The predicted molar refractivity (Wildman–Crippen MR) is 101 cm³/mol. The average Bonchev–Trinajstić information content (AvgIpc) is 2.59. The van der Waals surface area contributed by atoms with E-state index in [1.165, 1.54) is 48.7 Å². The molecule has 0 aromatic heterocycles. The van der Waals surface area contributed by atoms with Crippen molar-refractivity contribution in [1.82, 2.24) is 0 Å². The van der Waals surface area contributed by atoms with Gasteiger partial charge in [0.1, 0.15) is 0 Å². The Hall–Kier alpha value is -2.86. The first-order chi connectivity index (χ1) is 11.3. The highest BCUT2D eigenvalue weighted by Crippen LogP contribution is 2.33. The van der Waals surface area contributed by atoms with Crippen molar-refractivity contribution in [3.8, 4) is 0 Å². The van der Waals surface area contributed by atoms with Gasteiger partial charge in [-0.25, -0.2) is 0 Å². The molecule has 0 nitrogen and oxygen atoms in total. The monoisotopic (exact) mass is 292 g/mol. The van der Waals surface area contributed by atoms with Crippen molar-refractivity contribution in [3.63, 3.8) is 0 Å². The van der Waals surface area contributed by atoms with Gasteiger partial charge in [0.2, 0.25) is 0 Å². The highest BCUT2D eigenvalue weighted by Gasteiger charge is 2.06. The van der Waals surface area contributed by atoms with Crippen LogP contribution in [0.15, 0.2) is 78.9 Å². The van der Waals surface area contributed by atoms with Crippen LogP contribution in [0.4, 0.5) is 0 Å². The maximum Gasteiger partial charge on any atom is -0.00987 e. The normalized spacial score (nSPS) is 11.7. The van der Waals surface area contributed by atoms with Gasteiger partial charge in [-0.2, -0.15) is 0 Å². The summed E-state index contributed by atoms with van der Waals surface area (Å²) in [4.78, 5) is 0. The van der Waals surface area contributed by atoms with Crippen LogP contribution in [0.5, 0.6) is 0 Å². The van der Waals surface area contributed by atoms with Gasteiger partial charge in [-0.15, -0.1) is 0 Å². The van der Waals surface area contributed by atoms with Crippen molar-refractivity contribution >= 4 is 43.1 Å². The highest BCUT2D eigenvalue weighted by atomic mass is 14.1. The van der Waals surface area contributed by atoms with Crippen molar-refractivity contribution in [2.75, 3.05) is 0 Å². The molecule has 0 aliphatic heterocycles. The lowest BCUT2D eigenvalue weighted by molar-refractivity contribution is 1.51. The van der Waals surface area contributed by atoms with Crippen LogP contribution < -0.4 is 0 Å². The second-order valence-electron chi connectivity index (χ2n) is 6.37. The molecular formula is C23H16. The minimum atomic E-state index is 1.30. The molecule has 0 radical (unpaired) electrons. The lowest BCUT2D eigenvalue weighted by atomic mass is 9.95. The summed E-state index contributed by atoms with van der Waals surface area (Å²) in [5.41, 5.74) is 1.31. The first-order valence-electron chi connectivity index (χ1n) is 8.04. The van der Waals surface area contributed by atoms with E-state index in [0.717, 1.165) is 0 Å². The number of hydrogen-bond acceptors (Lipinski definition) is 0. The number of hydrogen-bond donors (Lipinski definition) is 0. The Morgan fingerprint density at radius 1 is 0.435 bits per heavy atom. The van der Waals surface area contributed by atoms with Gasteiger partial charge >= 0.3 is 0 Å². The summed E-state index contributed by atoms with van der Waals surface area (Å²) >= 11 is 0. The van der Waals surface area contributed by atoms with Crippen LogP contribution in [-0.2, 0) is 0 Å². The van der Waals surface area contributed by atoms with Crippen LogP contribution in [0, 0.1) is 6.92 Å². The zero-order chi connectivity index (χ0) is 15.4. The van der Waals surface area contributed by atoms with E-state index in [9.17, 15) is 0 Å². The largest absolute Gasteiger partial charge is 0.0616 e. The second-order valence-corrected chi connectivity index (χ2v) is 6.37. The summed E-state index contributed by atoms with van der Waals surface area (Å²) in [6.07, 6.45) is 0. The van der Waals surface area contributed by atoms with Gasteiger partial charge in [-0.05, 0) is 62.1 Å². The van der Waals surface area contributed by atoms with E-state index in [4.69, 9.17) is 0 Å². The Balaban J connectivity index is 1.98. The Bertz CT molecular complexity index is 1210. The SMILES string of the molecule is Cc1ccc2cc3c(ccc4c5ccccc5ccc34)cc2c1. The molecule has 0 aliphatic carbocycles. The Morgan fingerprint density at radius 3 is 2.09 bits per heavy atom. The fourth-order valence-corrected chi connectivity index (χ4v) is 3.69. The minimum absolute atomic E-state index is 1.30. The van der Waals surface area contributed by atoms with E-state index in [2.05, 4.69) is 85.8 Å². The molecule has 5 aromatic rings. The van der Waals surface area contributed by atoms with Crippen LogP contribution in [-0.4, -0.2) is 0 Å². The molecule has 5 rings (SSSR count). The first-order valence-corrected chi connectivity index (χ1v) is 8.04. The molecule has 0 unspecified atom stereocenters. The molecule has 0 heteroatoms. The van der Waals surface area contributed by atoms with Crippen molar-refractivity contribution in [3.05, 3.63) is 84.4 Å². The van der Waals surface area contributed by atoms with Gasteiger partial charge in [0.25, 0.3) is 0 Å². The molecule has 0 fully saturated rings. The summed E-state index contributed by atoms with van der Waals surface area (Å²) in [6, 6.07) is 29.0. The summed E-state index contributed by atoms with van der Waals surface area (Å²) in [5.74, 6) is 0. The van der Waals surface area contributed by atoms with Crippen LogP contribution in [0.3, 0.4) is 0 Å². The Labute approximate surface area is 135 Å². The number of rotatable bonds is 0. The van der Waals surface area contributed by atoms with E-state index in [1.807, 2.05) is 0 Å². The quantitative estimate of drug-likeness (QED) is 0.222. The molecule has 0 saturated heterocycles. The molecule has 0 saturated carbocycles. The summed E-state index contributed by atoms with van der Waals surface area (Å²) in [6.45, 7) is 2.15. The molecule has 5 aromatic carbocycles. The lowest BCUT2D eigenvalue weighted by Crippen LogP contribution is -1.82. The molecule has 0 bridgehead atoms. The first kappa shape index (κ1) is 12.7. The van der Waals surface area contributed by atoms with Gasteiger partial charge in [-0.1, -0.05) is 72.3 Å². The van der Waals surface area contributed by atoms with Gasteiger partial charge in [0, 0.05) is 0 Å². The van der Waals surface area contributed by atoms with E-state index in [1.54, 1.807) is 0 Å². The fourth-order valence-electron chi connectivity index (χ4n) is 3.69. The standard InChI is InChI=1S/C23H16/c1-15-6-7-17-14-23-18(13-19(17)12-15)9-11-21-20-5-3-2-4-16(20)8-10-22(21)23/h2-14H,1H3. The maximum atomic E-state index is 2.33. The highest BCUT2D eigenvalue weighted by molar-refractivity contribution is 6.19. The molecule has 0 N–H and O–H groups in total. The zero-order valence-corrected chi connectivity index (χ0v) is 13.0. The van der Waals surface area contributed by atoms with Crippen LogP contribution >= 0.6 is 0 Å². The number of fused-ring (bicyclic) bond motifs is 6. The fraction of sp³-hybridized carbons (Fsp3) is 0.0435. The van der Waals surface area contributed by atoms with Gasteiger partial charge < -0.3 is 0 Å². The number of aryl methyl sites for hydroxylation is 1. The molecule has 108 valence electrons. The third-order valence-corrected chi connectivity index (χ3v) is 4.85. The minimum Gasteiger partial charge on any atom is -0.0616 e. The van der Waals surface area contributed by atoms with Gasteiger partial charge in [-0.3, -0.25) is 0 Å². The third-order valence-electron chi connectivity index (χ3n) is 4.85. The smallest absolute Gasteiger partial charge is 0.00987 e. The van der Waals surface area contributed by atoms with Crippen LogP contribution in [0.25, 0.3) is 43.1 Å². The molecular weight excluding hydrogens is 276 g/mol. The Kier molecular flexibility index (Phi) is 2.51. The van der Waals surface area contributed by atoms with Gasteiger partial charge in [0.05, 0.1) is 0 Å². The van der Waals surface area contributed by atoms with E-state index in [0.29, 0.717) is 0 Å². The topological polar surface area (TPSA) is 0 Å². The summed E-state index contributed by atoms with van der Waals surface area (Å²) in [5, 5.41) is 10.6. The molecule has 0 spiro atoms. The third kappa shape index (κ3) is 1.85. The van der Waals surface area contributed by atoms with Crippen molar-refractivity contribution < 1.29 is 0 Å². The lowest BCUT2D eigenvalue weighted by Gasteiger charge is -2.09. The number of benzene rings is 5. The Morgan fingerprint density at radius 2 is 1.17 bits per heavy atom. The summed E-state index contributed by atoms with van der Waals surface area (Å²) < 4.78 is 0. The average molecular weight is 292 g/mol. The van der Waals surface area contributed by atoms with Crippen molar-refractivity contribution in [2.45, 2.75) is 6.92 Å². The van der Waals surface area contributed by atoms with E-state index >= 15 is 0 Å². The maximum absolute atomic E-state index is 2.33. The van der Waals surface area contributed by atoms with Crippen LogP contribution in [0.1, 0.15) is 5.56 Å². The van der Waals surface area contributed by atoms with Crippen LogP contribution in [0.2, 0.25) is 0 Å². The second kappa shape index (κ2) is 4.57. The van der Waals surface area contributed by atoms with Crippen molar-refractivity contribution in [2.24, 2.45) is 0 Å². The predicted octanol–water partition coefficient (Wildman–Crippen LogP) is 6.61. The zero-order valence-electron chi connectivity index (χ0n) is 13.0. The molecule has 23 heavy (non-hydrogen) atoms. The molecule has 0 heterocycles. The molecule has 0 atom stereocenters. The van der Waals surface area contributed by atoms with E-state index in [-0.39, 0.29) is 0 Å². The summed E-state index contributed by atoms with van der Waals surface area (Å²) in [7, 11) is 0.